The van der Waals surface area contributed by atoms with Crippen LogP contribution in [0, 0.1) is 0 Å². The minimum Gasteiger partial charge on any atom is -0.494 e. The topological polar surface area (TPSA) is 64.6 Å². The van der Waals surface area contributed by atoms with Crippen molar-refractivity contribution in [2.45, 2.75) is 20.3 Å². The number of hydrogen-bond acceptors (Lipinski definition) is 4. The standard InChI is InChI=1S/C15H19NO4/c1-3-5-6-15(18)20-11-14(17)16-12-7-9-13(10-8-12)19-4-2/h5-10H,3-4,11H2,1-2H3,(H,16,17)/b6-5+. The van der Waals surface area contributed by atoms with Gasteiger partial charge < -0.3 is 14.8 Å². The van der Waals surface area contributed by atoms with E-state index in [-0.39, 0.29) is 12.5 Å². The average Bonchev–Trinajstić information content (AvgIpc) is 2.45. The molecular formula is C15H19NO4. The molecule has 0 aliphatic heterocycles. The lowest BCUT2D eigenvalue weighted by Crippen LogP contribution is -2.20. The normalized spacial score (nSPS) is 10.3. The molecule has 1 aromatic rings. The number of benzene rings is 1. The molecule has 0 aromatic heterocycles. The first-order valence-corrected chi connectivity index (χ1v) is 6.51. The van der Waals surface area contributed by atoms with Gasteiger partial charge in [-0.3, -0.25) is 4.79 Å². The number of anilines is 1. The van der Waals surface area contributed by atoms with E-state index in [1.807, 2.05) is 13.8 Å². The van der Waals surface area contributed by atoms with Crippen LogP contribution in [-0.2, 0) is 14.3 Å². The summed E-state index contributed by atoms with van der Waals surface area (Å²) in [5.74, 6) is -0.164. The van der Waals surface area contributed by atoms with Crippen molar-refractivity contribution in [2.24, 2.45) is 0 Å². The molecule has 1 N–H and O–H groups in total. The summed E-state index contributed by atoms with van der Waals surface area (Å²) in [5.41, 5.74) is 0.624. The second-order valence-electron chi connectivity index (χ2n) is 3.92. The third-order valence-electron chi connectivity index (χ3n) is 2.28. The molecule has 0 fully saturated rings. The van der Waals surface area contributed by atoms with Gasteiger partial charge in [-0.05, 0) is 37.6 Å². The number of ether oxygens (including phenoxy) is 2. The van der Waals surface area contributed by atoms with Crippen LogP contribution in [0.4, 0.5) is 5.69 Å². The van der Waals surface area contributed by atoms with Crippen molar-refractivity contribution in [2.75, 3.05) is 18.5 Å². The Bertz CT molecular complexity index is 465. The van der Waals surface area contributed by atoms with Crippen LogP contribution in [0.1, 0.15) is 20.3 Å². The lowest BCUT2D eigenvalue weighted by molar-refractivity contribution is -0.142. The van der Waals surface area contributed by atoms with E-state index in [1.54, 1.807) is 30.3 Å². The van der Waals surface area contributed by atoms with Crippen molar-refractivity contribution < 1.29 is 19.1 Å². The van der Waals surface area contributed by atoms with Gasteiger partial charge in [-0.25, -0.2) is 4.79 Å². The second-order valence-corrected chi connectivity index (χ2v) is 3.92. The van der Waals surface area contributed by atoms with E-state index in [0.29, 0.717) is 12.3 Å². The molecule has 0 saturated heterocycles. The maximum atomic E-state index is 11.6. The van der Waals surface area contributed by atoms with E-state index in [9.17, 15) is 9.59 Å². The number of esters is 1. The van der Waals surface area contributed by atoms with Gasteiger partial charge >= 0.3 is 5.97 Å². The first-order chi connectivity index (χ1) is 9.65. The molecule has 0 atom stereocenters. The van der Waals surface area contributed by atoms with Crippen molar-refractivity contribution >= 4 is 17.6 Å². The Morgan fingerprint density at radius 2 is 1.90 bits per heavy atom. The molecular weight excluding hydrogens is 258 g/mol. The summed E-state index contributed by atoms with van der Waals surface area (Å²) < 4.78 is 10.1. The van der Waals surface area contributed by atoms with Gasteiger partial charge in [0, 0.05) is 11.8 Å². The Kier molecular flexibility index (Phi) is 6.89. The smallest absolute Gasteiger partial charge is 0.330 e. The van der Waals surface area contributed by atoms with Gasteiger partial charge in [0.15, 0.2) is 6.61 Å². The monoisotopic (exact) mass is 277 g/mol. The van der Waals surface area contributed by atoms with Gasteiger partial charge in [-0.15, -0.1) is 0 Å². The summed E-state index contributed by atoms with van der Waals surface area (Å²) in [7, 11) is 0. The van der Waals surface area contributed by atoms with Crippen LogP contribution < -0.4 is 10.1 Å². The summed E-state index contributed by atoms with van der Waals surface area (Å²) in [5, 5.41) is 2.63. The zero-order valence-corrected chi connectivity index (χ0v) is 11.7. The Balaban J connectivity index is 2.38. The number of amides is 1. The Hall–Kier alpha value is -2.30. The first-order valence-electron chi connectivity index (χ1n) is 6.51. The fourth-order valence-electron chi connectivity index (χ4n) is 1.40. The molecule has 0 aliphatic rings. The van der Waals surface area contributed by atoms with E-state index < -0.39 is 5.97 Å². The zero-order valence-electron chi connectivity index (χ0n) is 11.7. The van der Waals surface area contributed by atoms with Gasteiger partial charge in [0.05, 0.1) is 6.61 Å². The third-order valence-corrected chi connectivity index (χ3v) is 2.28. The van der Waals surface area contributed by atoms with E-state index >= 15 is 0 Å². The molecule has 1 amide bonds. The maximum absolute atomic E-state index is 11.6. The van der Waals surface area contributed by atoms with E-state index in [1.165, 1.54) is 6.08 Å². The fraction of sp³-hybridized carbons (Fsp3) is 0.333. The highest BCUT2D eigenvalue weighted by Crippen LogP contribution is 2.15. The zero-order chi connectivity index (χ0) is 14.8. The van der Waals surface area contributed by atoms with Crippen molar-refractivity contribution in [3.05, 3.63) is 36.4 Å². The number of allylic oxidation sites excluding steroid dienone is 1. The molecule has 0 spiro atoms. The summed E-state index contributed by atoms with van der Waals surface area (Å²) in [6, 6.07) is 6.97. The van der Waals surface area contributed by atoms with Gasteiger partial charge in [0.1, 0.15) is 5.75 Å². The highest BCUT2D eigenvalue weighted by Gasteiger charge is 2.05. The van der Waals surface area contributed by atoms with Crippen molar-refractivity contribution in [1.29, 1.82) is 0 Å². The highest BCUT2D eigenvalue weighted by atomic mass is 16.5. The van der Waals surface area contributed by atoms with Crippen LogP contribution >= 0.6 is 0 Å². The van der Waals surface area contributed by atoms with Gasteiger partial charge in [-0.2, -0.15) is 0 Å². The number of rotatable bonds is 7. The van der Waals surface area contributed by atoms with E-state index in [4.69, 9.17) is 9.47 Å². The Morgan fingerprint density at radius 3 is 2.50 bits per heavy atom. The molecule has 0 saturated carbocycles. The third kappa shape index (κ3) is 6.04. The number of carbonyl (C=O) groups is 2. The largest absolute Gasteiger partial charge is 0.494 e. The summed E-state index contributed by atoms with van der Waals surface area (Å²) in [6.45, 7) is 4.09. The van der Waals surface area contributed by atoms with Crippen LogP contribution in [-0.4, -0.2) is 25.1 Å². The fourth-order valence-corrected chi connectivity index (χ4v) is 1.40. The van der Waals surface area contributed by atoms with Crippen molar-refractivity contribution in [3.63, 3.8) is 0 Å². The number of nitrogens with one attached hydrogen (secondary N) is 1. The quantitative estimate of drug-likeness (QED) is 0.614. The predicted molar refractivity (Wildman–Crippen MR) is 76.6 cm³/mol. The summed E-state index contributed by atoms with van der Waals surface area (Å²) >= 11 is 0. The van der Waals surface area contributed by atoms with Gasteiger partial charge in [0.25, 0.3) is 5.91 Å². The molecule has 5 heteroatoms. The van der Waals surface area contributed by atoms with Crippen LogP contribution in [0.25, 0.3) is 0 Å². The summed E-state index contributed by atoms with van der Waals surface area (Å²) in [4.78, 5) is 22.7. The molecule has 108 valence electrons. The molecule has 0 unspecified atom stereocenters. The second kappa shape index (κ2) is 8.74. The average molecular weight is 277 g/mol. The lowest BCUT2D eigenvalue weighted by Gasteiger charge is -2.07. The van der Waals surface area contributed by atoms with Crippen LogP contribution in [0.2, 0.25) is 0 Å². The summed E-state index contributed by atoms with van der Waals surface area (Å²) in [6.07, 6.45) is 3.73. The van der Waals surface area contributed by atoms with Crippen LogP contribution in [0.3, 0.4) is 0 Å². The molecule has 0 radical (unpaired) electrons. The molecule has 0 bridgehead atoms. The molecule has 1 aromatic carbocycles. The number of hydrogen-bond donors (Lipinski definition) is 1. The van der Waals surface area contributed by atoms with Crippen molar-refractivity contribution in [1.82, 2.24) is 0 Å². The predicted octanol–water partition coefficient (Wildman–Crippen LogP) is 2.53. The highest BCUT2D eigenvalue weighted by molar-refractivity contribution is 5.93. The van der Waals surface area contributed by atoms with Crippen LogP contribution in [0.15, 0.2) is 36.4 Å². The molecule has 1 rings (SSSR count). The minimum absolute atomic E-state index is 0.305. The molecule has 0 heterocycles. The van der Waals surface area contributed by atoms with E-state index in [0.717, 1.165) is 12.2 Å². The maximum Gasteiger partial charge on any atom is 0.330 e. The first kappa shape index (κ1) is 15.8. The van der Waals surface area contributed by atoms with Crippen molar-refractivity contribution in [3.8, 4) is 5.75 Å². The molecule has 5 nitrogen and oxygen atoms in total. The molecule has 0 aliphatic carbocycles. The Labute approximate surface area is 118 Å². The SMILES string of the molecule is CC/C=C/C(=O)OCC(=O)Nc1ccc(OCC)cc1. The Morgan fingerprint density at radius 1 is 1.20 bits per heavy atom. The van der Waals surface area contributed by atoms with E-state index in [2.05, 4.69) is 5.32 Å². The van der Waals surface area contributed by atoms with Gasteiger partial charge in [-0.1, -0.05) is 13.0 Å². The minimum atomic E-state index is -0.520. The number of carbonyl (C=O) groups excluding carboxylic acids is 2. The van der Waals surface area contributed by atoms with Gasteiger partial charge in [0.2, 0.25) is 0 Å². The van der Waals surface area contributed by atoms with Crippen LogP contribution in [0.5, 0.6) is 5.75 Å². The molecule has 20 heavy (non-hydrogen) atoms. The lowest BCUT2D eigenvalue weighted by atomic mass is 10.3.